The molecular weight excluding hydrogens is 166 g/mol. The van der Waals surface area contributed by atoms with Crippen molar-refractivity contribution in [2.75, 3.05) is 0 Å². The van der Waals surface area contributed by atoms with Gasteiger partial charge in [-0.2, -0.15) is 0 Å². The van der Waals surface area contributed by atoms with Crippen molar-refractivity contribution in [3.8, 4) is 0 Å². The van der Waals surface area contributed by atoms with Gasteiger partial charge in [0.1, 0.15) is 5.54 Å². The van der Waals surface area contributed by atoms with Crippen LogP contribution in [0.5, 0.6) is 0 Å². The molecule has 1 aliphatic rings. The van der Waals surface area contributed by atoms with Crippen LogP contribution in [0.2, 0.25) is 0 Å². The first-order valence-corrected chi connectivity index (χ1v) is 4.21. The number of fused-ring (bicyclic) bond motifs is 1. The van der Waals surface area contributed by atoms with E-state index in [0.717, 1.165) is 11.1 Å². The number of benzene rings is 1. The van der Waals surface area contributed by atoms with Crippen LogP contribution in [0.25, 0.3) is 0 Å². The summed E-state index contributed by atoms with van der Waals surface area (Å²) in [4.78, 5) is 11.0. The first kappa shape index (κ1) is 8.26. The van der Waals surface area contributed by atoms with Crippen molar-refractivity contribution >= 4 is 5.97 Å². The van der Waals surface area contributed by atoms with E-state index in [1.54, 1.807) is 6.92 Å². The van der Waals surface area contributed by atoms with Crippen molar-refractivity contribution < 1.29 is 9.90 Å². The number of hydrogen-bond donors (Lipinski definition) is 2. The van der Waals surface area contributed by atoms with Crippen LogP contribution in [-0.2, 0) is 16.9 Å². The zero-order chi connectivity index (χ0) is 9.47. The quantitative estimate of drug-likeness (QED) is 0.675. The maximum atomic E-state index is 11.0. The molecule has 1 aromatic rings. The fraction of sp³-hybridized carbons (Fsp3) is 0.300. The molecule has 0 amide bonds. The van der Waals surface area contributed by atoms with Crippen LogP contribution < -0.4 is 5.32 Å². The fourth-order valence-electron chi connectivity index (χ4n) is 1.72. The number of carboxylic acid groups (broad SMARTS) is 1. The van der Waals surface area contributed by atoms with Crippen LogP contribution in [0.3, 0.4) is 0 Å². The second-order valence-electron chi connectivity index (χ2n) is 3.44. The van der Waals surface area contributed by atoms with Gasteiger partial charge in [-0.05, 0) is 18.1 Å². The highest BCUT2D eigenvalue weighted by molar-refractivity contribution is 5.81. The molecule has 2 N–H and O–H groups in total. The van der Waals surface area contributed by atoms with Crippen molar-refractivity contribution in [1.82, 2.24) is 5.32 Å². The molecule has 0 saturated heterocycles. The van der Waals surface area contributed by atoms with E-state index in [-0.39, 0.29) is 0 Å². The molecule has 1 aromatic carbocycles. The van der Waals surface area contributed by atoms with Gasteiger partial charge in [0.2, 0.25) is 0 Å². The maximum Gasteiger partial charge on any atom is 0.328 e. The number of nitrogens with one attached hydrogen (secondary N) is 1. The fourth-order valence-corrected chi connectivity index (χ4v) is 1.72. The number of carboxylic acids is 1. The summed E-state index contributed by atoms with van der Waals surface area (Å²) in [7, 11) is 0. The molecule has 13 heavy (non-hydrogen) atoms. The average molecular weight is 177 g/mol. The van der Waals surface area contributed by atoms with Gasteiger partial charge in [-0.1, -0.05) is 24.3 Å². The first-order valence-electron chi connectivity index (χ1n) is 4.21. The Morgan fingerprint density at radius 2 is 2.23 bits per heavy atom. The second kappa shape index (κ2) is 2.57. The van der Waals surface area contributed by atoms with Crippen LogP contribution in [0, 0.1) is 0 Å². The van der Waals surface area contributed by atoms with E-state index in [4.69, 9.17) is 5.11 Å². The molecule has 0 aliphatic carbocycles. The van der Waals surface area contributed by atoms with E-state index in [0.29, 0.717) is 6.54 Å². The van der Waals surface area contributed by atoms with Crippen LogP contribution in [0.15, 0.2) is 24.3 Å². The third kappa shape index (κ3) is 1.04. The summed E-state index contributed by atoms with van der Waals surface area (Å²) in [5.41, 5.74) is 1.05. The highest BCUT2D eigenvalue weighted by atomic mass is 16.4. The third-order valence-electron chi connectivity index (χ3n) is 2.62. The Balaban J connectivity index is 2.55. The zero-order valence-corrected chi connectivity index (χ0v) is 7.37. The molecule has 0 radical (unpaired) electrons. The van der Waals surface area contributed by atoms with Crippen LogP contribution in [0.1, 0.15) is 18.1 Å². The molecule has 0 spiro atoms. The van der Waals surface area contributed by atoms with Gasteiger partial charge >= 0.3 is 5.97 Å². The lowest BCUT2D eigenvalue weighted by atomic mass is 9.93. The monoisotopic (exact) mass is 177 g/mol. The van der Waals surface area contributed by atoms with E-state index >= 15 is 0 Å². The first-order chi connectivity index (χ1) is 6.14. The Bertz CT molecular complexity index is 362. The Morgan fingerprint density at radius 3 is 2.92 bits per heavy atom. The Labute approximate surface area is 76.4 Å². The second-order valence-corrected chi connectivity index (χ2v) is 3.44. The Hall–Kier alpha value is -1.35. The molecule has 68 valence electrons. The number of hydrogen-bond acceptors (Lipinski definition) is 2. The predicted molar refractivity (Wildman–Crippen MR) is 48.3 cm³/mol. The molecule has 2 rings (SSSR count). The molecule has 0 aromatic heterocycles. The molecule has 3 heteroatoms. The number of rotatable bonds is 1. The smallest absolute Gasteiger partial charge is 0.328 e. The highest BCUT2D eigenvalue weighted by Crippen LogP contribution is 2.30. The average Bonchev–Trinajstić information content (AvgIpc) is 2.47. The van der Waals surface area contributed by atoms with Gasteiger partial charge in [0.05, 0.1) is 0 Å². The minimum atomic E-state index is -0.906. The lowest BCUT2D eigenvalue weighted by molar-refractivity contribution is -0.144. The molecule has 1 aliphatic heterocycles. The van der Waals surface area contributed by atoms with Gasteiger partial charge in [0, 0.05) is 6.54 Å². The van der Waals surface area contributed by atoms with Gasteiger partial charge in [-0.3, -0.25) is 5.32 Å². The third-order valence-corrected chi connectivity index (χ3v) is 2.62. The van der Waals surface area contributed by atoms with E-state index in [2.05, 4.69) is 5.32 Å². The maximum absolute atomic E-state index is 11.0. The standard InChI is InChI=1S/C10H11NO2/c1-10(9(12)13)8-5-3-2-4-7(8)6-11-10/h2-5,11H,6H2,1H3,(H,12,13)/t10-/m0/s1. The summed E-state index contributed by atoms with van der Waals surface area (Å²) in [5, 5.41) is 12.1. The summed E-state index contributed by atoms with van der Waals surface area (Å²) in [6, 6.07) is 7.61. The van der Waals surface area contributed by atoms with Crippen molar-refractivity contribution in [2.45, 2.75) is 19.0 Å². The minimum Gasteiger partial charge on any atom is -0.480 e. The van der Waals surface area contributed by atoms with Crippen molar-refractivity contribution in [1.29, 1.82) is 0 Å². The molecule has 1 atom stereocenters. The largest absolute Gasteiger partial charge is 0.480 e. The highest BCUT2D eigenvalue weighted by Gasteiger charge is 2.40. The SMILES string of the molecule is C[C@]1(C(=O)O)NCc2ccccc21. The van der Waals surface area contributed by atoms with Crippen molar-refractivity contribution in [3.63, 3.8) is 0 Å². The van der Waals surface area contributed by atoms with Gasteiger partial charge < -0.3 is 5.11 Å². The predicted octanol–water partition coefficient (Wildman–Crippen LogP) is 1.09. The van der Waals surface area contributed by atoms with Gasteiger partial charge in [0.25, 0.3) is 0 Å². The van der Waals surface area contributed by atoms with E-state index in [1.165, 1.54) is 0 Å². The van der Waals surface area contributed by atoms with Crippen LogP contribution in [0.4, 0.5) is 0 Å². The topological polar surface area (TPSA) is 49.3 Å². The van der Waals surface area contributed by atoms with Crippen LogP contribution >= 0.6 is 0 Å². The number of carbonyl (C=O) groups is 1. The normalized spacial score (nSPS) is 25.6. The summed E-state index contributed by atoms with van der Waals surface area (Å²) in [6.07, 6.45) is 0. The lowest BCUT2D eigenvalue weighted by Gasteiger charge is -2.19. The summed E-state index contributed by atoms with van der Waals surface area (Å²) < 4.78 is 0. The van der Waals surface area contributed by atoms with Crippen molar-refractivity contribution in [2.24, 2.45) is 0 Å². The molecule has 0 saturated carbocycles. The lowest BCUT2D eigenvalue weighted by Crippen LogP contribution is -2.41. The zero-order valence-electron chi connectivity index (χ0n) is 7.37. The van der Waals surface area contributed by atoms with Crippen molar-refractivity contribution in [3.05, 3.63) is 35.4 Å². The molecular formula is C10H11NO2. The summed E-state index contributed by atoms with van der Waals surface area (Å²) in [6.45, 7) is 2.33. The summed E-state index contributed by atoms with van der Waals surface area (Å²) >= 11 is 0. The van der Waals surface area contributed by atoms with E-state index in [9.17, 15) is 4.79 Å². The molecule has 1 heterocycles. The number of aliphatic carboxylic acids is 1. The Morgan fingerprint density at radius 1 is 1.54 bits per heavy atom. The molecule has 0 bridgehead atoms. The summed E-state index contributed by atoms with van der Waals surface area (Å²) in [5.74, 6) is -0.822. The van der Waals surface area contributed by atoms with Gasteiger partial charge in [0.15, 0.2) is 0 Å². The molecule has 0 unspecified atom stereocenters. The Kier molecular flexibility index (Phi) is 1.63. The van der Waals surface area contributed by atoms with Gasteiger partial charge in [-0.15, -0.1) is 0 Å². The van der Waals surface area contributed by atoms with Crippen LogP contribution in [-0.4, -0.2) is 11.1 Å². The van der Waals surface area contributed by atoms with E-state index < -0.39 is 11.5 Å². The van der Waals surface area contributed by atoms with E-state index in [1.807, 2.05) is 24.3 Å². The molecule has 3 nitrogen and oxygen atoms in total. The minimum absolute atomic E-state index is 0.638. The molecule has 0 fully saturated rings. The van der Waals surface area contributed by atoms with Gasteiger partial charge in [-0.25, -0.2) is 4.79 Å².